The predicted molar refractivity (Wildman–Crippen MR) is 86.9 cm³/mol. The number of carbonyl (C=O) groups is 3. The summed E-state index contributed by atoms with van der Waals surface area (Å²) in [6, 6.07) is 9.63. The summed E-state index contributed by atoms with van der Waals surface area (Å²) < 4.78 is 4.95. The van der Waals surface area contributed by atoms with Crippen LogP contribution in [0.5, 0.6) is 5.88 Å². The van der Waals surface area contributed by atoms with Crippen LogP contribution in [0.4, 0.5) is 11.4 Å². The van der Waals surface area contributed by atoms with E-state index in [0.717, 1.165) is 4.90 Å². The summed E-state index contributed by atoms with van der Waals surface area (Å²) >= 11 is 0. The van der Waals surface area contributed by atoms with Gasteiger partial charge >= 0.3 is 0 Å². The number of anilines is 2. The fraction of sp³-hybridized carbons (Fsp3) is 0.176. The van der Waals surface area contributed by atoms with Crippen LogP contribution in [0.3, 0.4) is 0 Å². The van der Waals surface area contributed by atoms with Crippen LogP contribution in [0.2, 0.25) is 0 Å². The molecule has 0 spiro atoms. The largest absolute Gasteiger partial charge is 0.481 e. The molecule has 1 aliphatic heterocycles. The monoisotopic (exact) mass is 325 g/mol. The molecule has 24 heavy (non-hydrogen) atoms. The van der Waals surface area contributed by atoms with E-state index in [1.54, 1.807) is 36.4 Å². The number of aromatic nitrogens is 1. The van der Waals surface area contributed by atoms with E-state index < -0.39 is 0 Å². The van der Waals surface area contributed by atoms with Crippen LogP contribution >= 0.6 is 0 Å². The Labute approximate surface area is 138 Å². The van der Waals surface area contributed by atoms with Crippen LogP contribution in [0, 0.1) is 0 Å². The van der Waals surface area contributed by atoms with Crippen molar-refractivity contribution in [2.45, 2.75) is 12.8 Å². The number of benzene rings is 1. The predicted octanol–water partition coefficient (Wildman–Crippen LogP) is 2.00. The maximum atomic E-state index is 12.2. The zero-order chi connectivity index (χ0) is 17.1. The molecule has 0 radical (unpaired) electrons. The Morgan fingerprint density at radius 2 is 1.75 bits per heavy atom. The number of rotatable bonds is 4. The minimum absolute atomic E-state index is 0.221. The first-order valence-corrected chi connectivity index (χ1v) is 7.36. The fourth-order valence-corrected chi connectivity index (χ4v) is 2.40. The van der Waals surface area contributed by atoms with E-state index >= 15 is 0 Å². The smallest absolute Gasteiger partial charge is 0.255 e. The van der Waals surface area contributed by atoms with Crippen molar-refractivity contribution in [2.24, 2.45) is 0 Å². The summed E-state index contributed by atoms with van der Waals surface area (Å²) in [5, 5.41) is 2.71. The van der Waals surface area contributed by atoms with Gasteiger partial charge in [0.05, 0.1) is 24.7 Å². The highest BCUT2D eigenvalue weighted by Crippen LogP contribution is 2.23. The lowest BCUT2D eigenvalue weighted by atomic mass is 10.2. The topological polar surface area (TPSA) is 88.6 Å². The molecule has 7 nitrogen and oxygen atoms in total. The standard InChI is InChI=1S/C17H15N3O4/c1-24-14-7-4-12(10-18-14)19-17(23)11-2-5-13(6-3-11)20-15(21)8-9-16(20)22/h2-7,10H,8-9H2,1H3,(H,19,23). The van der Waals surface area contributed by atoms with E-state index in [2.05, 4.69) is 10.3 Å². The number of methoxy groups -OCH3 is 1. The van der Waals surface area contributed by atoms with Gasteiger partial charge in [0.25, 0.3) is 5.91 Å². The van der Waals surface area contributed by atoms with E-state index in [9.17, 15) is 14.4 Å². The lowest BCUT2D eigenvalue weighted by Gasteiger charge is -2.14. The Kier molecular flexibility index (Phi) is 4.24. The Morgan fingerprint density at radius 1 is 1.08 bits per heavy atom. The maximum absolute atomic E-state index is 12.2. The summed E-state index contributed by atoms with van der Waals surface area (Å²) in [6.45, 7) is 0. The normalized spacial score (nSPS) is 14.0. The number of amides is 3. The van der Waals surface area contributed by atoms with E-state index in [1.165, 1.54) is 13.3 Å². The Hall–Kier alpha value is -3.22. The highest BCUT2D eigenvalue weighted by Gasteiger charge is 2.30. The number of carbonyl (C=O) groups excluding carboxylic acids is 3. The van der Waals surface area contributed by atoms with Crippen LogP contribution in [0.1, 0.15) is 23.2 Å². The number of hydrogen-bond donors (Lipinski definition) is 1. The molecule has 1 N–H and O–H groups in total. The Bertz CT molecular complexity index is 768. The van der Waals surface area contributed by atoms with E-state index in [4.69, 9.17) is 4.74 Å². The van der Waals surface area contributed by atoms with Gasteiger partial charge in [-0.15, -0.1) is 0 Å². The quantitative estimate of drug-likeness (QED) is 0.869. The molecule has 7 heteroatoms. The number of ether oxygens (including phenoxy) is 1. The van der Waals surface area contributed by atoms with Gasteiger partial charge < -0.3 is 10.1 Å². The molecule has 1 aromatic heterocycles. The Morgan fingerprint density at radius 3 is 2.29 bits per heavy atom. The molecule has 1 aromatic carbocycles. The molecule has 1 saturated heterocycles. The van der Waals surface area contributed by atoms with Gasteiger partial charge in [-0.3, -0.25) is 19.3 Å². The van der Waals surface area contributed by atoms with Gasteiger partial charge in [-0.2, -0.15) is 0 Å². The molecule has 2 heterocycles. The molecule has 0 atom stereocenters. The maximum Gasteiger partial charge on any atom is 0.255 e. The van der Waals surface area contributed by atoms with Crippen LogP contribution in [0.15, 0.2) is 42.6 Å². The number of pyridine rings is 1. The highest BCUT2D eigenvalue weighted by molar-refractivity contribution is 6.20. The third-order valence-corrected chi connectivity index (χ3v) is 3.64. The molecule has 0 saturated carbocycles. The van der Waals surface area contributed by atoms with Crippen LogP contribution in [0.25, 0.3) is 0 Å². The summed E-state index contributed by atoms with van der Waals surface area (Å²) in [5.41, 5.74) is 1.42. The molecule has 0 bridgehead atoms. The first-order chi connectivity index (χ1) is 11.6. The van der Waals surface area contributed by atoms with Crippen molar-refractivity contribution in [3.8, 4) is 5.88 Å². The van der Waals surface area contributed by atoms with Crippen molar-refractivity contribution in [3.05, 3.63) is 48.2 Å². The van der Waals surface area contributed by atoms with Crippen molar-refractivity contribution >= 4 is 29.1 Å². The molecule has 1 fully saturated rings. The van der Waals surface area contributed by atoms with Crippen molar-refractivity contribution in [3.63, 3.8) is 0 Å². The van der Waals surface area contributed by atoms with Gasteiger partial charge in [0, 0.05) is 24.5 Å². The summed E-state index contributed by atoms with van der Waals surface area (Å²) in [4.78, 5) is 40.8. The first kappa shape index (κ1) is 15.7. The SMILES string of the molecule is COc1ccc(NC(=O)c2ccc(N3C(=O)CCC3=O)cc2)cn1. The zero-order valence-electron chi connectivity index (χ0n) is 13.0. The minimum Gasteiger partial charge on any atom is -0.481 e. The molecular formula is C17H15N3O4. The van der Waals surface area contributed by atoms with E-state index in [1.807, 2.05) is 0 Å². The average Bonchev–Trinajstić information content (AvgIpc) is 2.94. The van der Waals surface area contributed by atoms with Crippen LogP contribution in [-0.2, 0) is 9.59 Å². The second-order valence-corrected chi connectivity index (χ2v) is 5.21. The summed E-state index contributed by atoms with van der Waals surface area (Å²) in [5.74, 6) is -0.298. The molecule has 3 rings (SSSR count). The number of nitrogens with one attached hydrogen (secondary N) is 1. The van der Waals surface area contributed by atoms with Crippen molar-refractivity contribution < 1.29 is 19.1 Å². The summed E-state index contributed by atoms with van der Waals surface area (Å²) in [6.07, 6.45) is 1.95. The minimum atomic E-state index is -0.312. The fourth-order valence-electron chi connectivity index (χ4n) is 2.40. The van der Waals surface area contributed by atoms with Crippen molar-refractivity contribution in [2.75, 3.05) is 17.3 Å². The zero-order valence-corrected chi connectivity index (χ0v) is 13.0. The number of hydrogen-bond acceptors (Lipinski definition) is 5. The molecule has 122 valence electrons. The molecule has 0 aliphatic carbocycles. The molecule has 0 unspecified atom stereocenters. The second-order valence-electron chi connectivity index (χ2n) is 5.21. The molecule has 2 aromatic rings. The van der Waals surface area contributed by atoms with E-state index in [-0.39, 0.29) is 30.6 Å². The lowest BCUT2D eigenvalue weighted by molar-refractivity contribution is -0.121. The van der Waals surface area contributed by atoms with Gasteiger partial charge in [-0.25, -0.2) is 4.98 Å². The van der Waals surface area contributed by atoms with Crippen molar-refractivity contribution in [1.82, 2.24) is 4.98 Å². The molecule has 3 amide bonds. The molecule has 1 aliphatic rings. The van der Waals surface area contributed by atoms with Gasteiger partial charge in [-0.1, -0.05) is 0 Å². The van der Waals surface area contributed by atoms with Gasteiger partial charge in [0.15, 0.2) is 0 Å². The third-order valence-electron chi connectivity index (χ3n) is 3.64. The third kappa shape index (κ3) is 3.10. The van der Waals surface area contributed by atoms with Crippen LogP contribution < -0.4 is 15.0 Å². The van der Waals surface area contributed by atoms with Gasteiger partial charge in [0.1, 0.15) is 0 Å². The second kappa shape index (κ2) is 6.49. The van der Waals surface area contributed by atoms with Gasteiger partial charge in [-0.05, 0) is 30.3 Å². The van der Waals surface area contributed by atoms with E-state index in [0.29, 0.717) is 22.8 Å². The number of imide groups is 1. The Balaban J connectivity index is 1.71. The lowest BCUT2D eigenvalue weighted by Crippen LogP contribution is -2.28. The van der Waals surface area contributed by atoms with Crippen molar-refractivity contribution in [1.29, 1.82) is 0 Å². The summed E-state index contributed by atoms with van der Waals surface area (Å²) in [7, 11) is 1.51. The highest BCUT2D eigenvalue weighted by atomic mass is 16.5. The van der Waals surface area contributed by atoms with Crippen LogP contribution in [-0.4, -0.2) is 29.8 Å². The first-order valence-electron chi connectivity index (χ1n) is 7.36. The number of nitrogens with zero attached hydrogens (tertiary/aromatic N) is 2. The van der Waals surface area contributed by atoms with Gasteiger partial charge in [0.2, 0.25) is 17.7 Å². The molecular weight excluding hydrogens is 310 g/mol. The average molecular weight is 325 g/mol.